The Morgan fingerprint density at radius 2 is 1.86 bits per heavy atom. The number of hydrogen-bond acceptors (Lipinski definition) is 3. The van der Waals surface area contributed by atoms with Gasteiger partial charge in [0.2, 0.25) is 0 Å². The lowest BCUT2D eigenvalue weighted by atomic mass is 10.1. The smallest absolute Gasteiger partial charge is 0.343 e. The highest BCUT2D eigenvalue weighted by Gasteiger charge is 2.11. The fourth-order valence-corrected chi connectivity index (χ4v) is 2.59. The molecule has 0 atom stereocenters. The summed E-state index contributed by atoms with van der Waals surface area (Å²) >= 11 is 3.33. The van der Waals surface area contributed by atoms with Crippen LogP contribution in [-0.4, -0.2) is 5.78 Å². The second kappa shape index (κ2) is 5.66. The van der Waals surface area contributed by atoms with E-state index in [0.29, 0.717) is 16.7 Å². The van der Waals surface area contributed by atoms with E-state index in [9.17, 15) is 9.59 Å². The van der Waals surface area contributed by atoms with Crippen molar-refractivity contribution in [2.75, 3.05) is 0 Å². The van der Waals surface area contributed by atoms with Gasteiger partial charge in [-0.3, -0.25) is 4.79 Å². The van der Waals surface area contributed by atoms with Crippen LogP contribution in [0.3, 0.4) is 0 Å². The summed E-state index contributed by atoms with van der Waals surface area (Å²) < 4.78 is 6.07. The molecule has 104 valence electrons. The molecule has 2 aromatic carbocycles. The molecule has 0 bridgehead atoms. The van der Waals surface area contributed by atoms with E-state index < -0.39 is 5.63 Å². The number of fused-ring (bicyclic) bond motifs is 1. The molecular weight excluding hydrogens is 332 g/mol. The van der Waals surface area contributed by atoms with Gasteiger partial charge < -0.3 is 4.42 Å². The van der Waals surface area contributed by atoms with E-state index in [2.05, 4.69) is 15.9 Å². The van der Waals surface area contributed by atoms with Crippen molar-refractivity contribution in [1.82, 2.24) is 0 Å². The minimum atomic E-state index is -0.412. The minimum Gasteiger partial charge on any atom is -0.427 e. The van der Waals surface area contributed by atoms with E-state index in [1.807, 2.05) is 18.2 Å². The number of benzene rings is 2. The second-order valence-electron chi connectivity index (χ2n) is 4.70. The Labute approximate surface area is 129 Å². The summed E-state index contributed by atoms with van der Waals surface area (Å²) in [5.41, 5.74) is 0.172. The maximum absolute atomic E-state index is 12.2. The standard InChI is InChI=1S/C17H11BrO3/c18-13-6-3-5-12(8-13)16(19)10-14-9-11-4-1-2-7-15(11)17(20)21-14/h1-9H,10H2. The van der Waals surface area contributed by atoms with E-state index in [1.165, 1.54) is 0 Å². The van der Waals surface area contributed by atoms with Crippen molar-refractivity contribution in [3.8, 4) is 0 Å². The molecule has 3 aromatic rings. The lowest BCUT2D eigenvalue weighted by Crippen LogP contribution is -2.07. The van der Waals surface area contributed by atoms with Crippen molar-refractivity contribution >= 4 is 32.5 Å². The van der Waals surface area contributed by atoms with Crippen molar-refractivity contribution < 1.29 is 9.21 Å². The number of ketones is 1. The highest BCUT2D eigenvalue weighted by Crippen LogP contribution is 2.16. The predicted octanol–water partition coefficient (Wildman–Crippen LogP) is 3.98. The van der Waals surface area contributed by atoms with Gasteiger partial charge in [0.15, 0.2) is 5.78 Å². The zero-order valence-electron chi connectivity index (χ0n) is 11.0. The summed E-state index contributed by atoms with van der Waals surface area (Å²) in [6.45, 7) is 0. The molecule has 1 aromatic heterocycles. The van der Waals surface area contributed by atoms with Gasteiger partial charge in [0.1, 0.15) is 5.76 Å². The monoisotopic (exact) mass is 342 g/mol. The third-order valence-corrected chi connectivity index (χ3v) is 3.70. The third kappa shape index (κ3) is 2.95. The zero-order valence-corrected chi connectivity index (χ0v) is 12.6. The lowest BCUT2D eigenvalue weighted by molar-refractivity contribution is 0.0986. The minimum absolute atomic E-state index is 0.0660. The number of carbonyl (C=O) groups excluding carboxylic acids is 1. The topological polar surface area (TPSA) is 47.3 Å². The van der Waals surface area contributed by atoms with Crippen molar-refractivity contribution in [1.29, 1.82) is 0 Å². The van der Waals surface area contributed by atoms with Gasteiger partial charge in [0, 0.05) is 10.0 Å². The SMILES string of the molecule is O=C(Cc1cc2ccccc2c(=O)o1)c1cccc(Br)c1. The number of Topliss-reactive ketones (excluding diaryl/α,β-unsaturated/α-hetero) is 1. The van der Waals surface area contributed by atoms with Gasteiger partial charge in [-0.2, -0.15) is 0 Å². The molecule has 0 saturated carbocycles. The molecule has 3 nitrogen and oxygen atoms in total. The molecule has 0 amide bonds. The van der Waals surface area contributed by atoms with Crippen LogP contribution in [0.2, 0.25) is 0 Å². The number of hydrogen-bond donors (Lipinski definition) is 0. The van der Waals surface area contributed by atoms with Gasteiger partial charge in [-0.25, -0.2) is 4.79 Å². The van der Waals surface area contributed by atoms with Gasteiger partial charge in [-0.1, -0.05) is 46.3 Å². The van der Waals surface area contributed by atoms with E-state index in [1.54, 1.807) is 36.4 Å². The van der Waals surface area contributed by atoms with Crippen molar-refractivity contribution in [3.63, 3.8) is 0 Å². The van der Waals surface area contributed by atoms with Crippen LogP contribution in [0.4, 0.5) is 0 Å². The van der Waals surface area contributed by atoms with Crippen LogP contribution in [0.25, 0.3) is 10.8 Å². The summed E-state index contributed by atoms with van der Waals surface area (Å²) in [5, 5.41) is 1.31. The first kappa shape index (κ1) is 13.8. The van der Waals surface area contributed by atoms with Gasteiger partial charge in [-0.05, 0) is 29.7 Å². The first-order valence-corrected chi connectivity index (χ1v) is 7.23. The highest BCUT2D eigenvalue weighted by molar-refractivity contribution is 9.10. The molecule has 0 saturated heterocycles. The molecule has 0 unspecified atom stereocenters. The average molecular weight is 343 g/mol. The Morgan fingerprint density at radius 1 is 1.05 bits per heavy atom. The quantitative estimate of drug-likeness (QED) is 0.676. The van der Waals surface area contributed by atoms with E-state index in [0.717, 1.165) is 9.86 Å². The van der Waals surface area contributed by atoms with Gasteiger partial charge >= 0.3 is 5.63 Å². The van der Waals surface area contributed by atoms with Crippen LogP contribution < -0.4 is 5.63 Å². The third-order valence-electron chi connectivity index (χ3n) is 3.20. The summed E-state index contributed by atoms with van der Waals surface area (Å²) in [4.78, 5) is 24.1. The lowest BCUT2D eigenvalue weighted by Gasteiger charge is -2.03. The molecule has 4 heteroatoms. The fourth-order valence-electron chi connectivity index (χ4n) is 2.20. The fraction of sp³-hybridized carbons (Fsp3) is 0.0588. The number of halogens is 1. The summed E-state index contributed by atoms with van der Waals surface area (Å²) in [7, 11) is 0. The van der Waals surface area contributed by atoms with Crippen LogP contribution in [0.5, 0.6) is 0 Å². The summed E-state index contributed by atoms with van der Waals surface area (Å²) in [6, 6.07) is 16.1. The first-order valence-electron chi connectivity index (χ1n) is 6.44. The Hall–Kier alpha value is -2.20. The molecular formula is C17H11BrO3. The molecule has 0 aliphatic heterocycles. The van der Waals surface area contributed by atoms with Gasteiger partial charge in [0.25, 0.3) is 0 Å². The molecule has 1 heterocycles. The predicted molar refractivity (Wildman–Crippen MR) is 84.7 cm³/mol. The first-order chi connectivity index (χ1) is 10.1. The molecule has 21 heavy (non-hydrogen) atoms. The Balaban J connectivity index is 1.95. The summed E-state index contributed by atoms with van der Waals surface area (Å²) in [6.07, 6.45) is 0.0660. The molecule has 0 radical (unpaired) electrons. The molecule has 0 fully saturated rings. The second-order valence-corrected chi connectivity index (χ2v) is 5.61. The van der Waals surface area contributed by atoms with Crippen LogP contribution in [-0.2, 0) is 6.42 Å². The number of rotatable bonds is 3. The van der Waals surface area contributed by atoms with Gasteiger partial charge in [-0.15, -0.1) is 0 Å². The molecule has 0 aliphatic carbocycles. The molecule has 0 N–H and O–H groups in total. The zero-order chi connectivity index (χ0) is 14.8. The van der Waals surface area contributed by atoms with Crippen LogP contribution in [0.15, 0.2) is 68.3 Å². The van der Waals surface area contributed by atoms with E-state index in [4.69, 9.17) is 4.42 Å². The van der Waals surface area contributed by atoms with Crippen LogP contribution in [0, 0.1) is 0 Å². The van der Waals surface area contributed by atoms with Crippen LogP contribution in [0.1, 0.15) is 16.1 Å². The van der Waals surface area contributed by atoms with E-state index in [-0.39, 0.29) is 12.2 Å². The normalized spacial score (nSPS) is 10.7. The van der Waals surface area contributed by atoms with E-state index >= 15 is 0 Å². The highest BCUT2D eigenvalue weighted by atomic mass is 79.9. The average Bonchev–Trinajstić information content (AvgIpc) is 2.47. The van der Waals surface area contributed by atoms with Crippen LogP contribution >= 0.6 is 15.9 Å². The van der Waals surface area contributed by atoms with Crippen molar-refractivity contribution in [3.05, 3.63) is 80.8 Å². The van der Waals surface area contributed by atoms with Crippen molar-refractivity contribution in [2.24, 2.45) is 0 Å². The maximum atomic E-state index is 12.2. The Kier molecular flexibility index (Phi) is 3.71. The largest absolute Gasteiger partial charge is 0.427 e. The number of carbonyl (C=O) groups is 1. The Morgan fingerprint density at radius 3 is 2.67 bits per heavy atom. The molecule has 0 spiro atoms. The van der Waals surface area contributed by atoms with Crippen molar-refractivity contribution in [2.45, 2.75) is 6.42 Å². The molecule has 0 aliphatic rings. The molecule has 3 rings (SSSR count). The summed E-state index contributed by atoms with van der Waals surface area (Å²) in [5.74, 6) is 0.290. The maximum Gasteiger partial charge on any atom is 0.343 e. The Bertz CT molecular complexity index is 880. The van der Waals surface area contributed by atoms with Gasteiger partial charge in [0.05, 0.1) is 11.8 Å².